The zero-order chi connectivity index (χ0) is 23.6. The molecule has 3 aromatic rings. The number of aryl methyl sites for hydroxylation is 2. The van der Waals surface area contributed by atoms with Crippen molar-refractivity contribution in [2.75, 3.05) is 0 Å². The monoisotopic (exact) mass is 482 g/mol. The van der Waals surface area contributed by atoms with Crippen molar-refractivity contribution in [1.29, 1.82) is 0 Å². The quantitative estimate of drug-likeness (QED) is 0.343. The first kappa shape index (κ1) is 23.9. The van der Waals surface area contributed by atoms with Gasteiger partial charge in [0.15, 0.2) is 0 Å². The van der Waals surface area contributed by atoms with Crippen LogP contribution < -0.4 is 5.32 Å². The van der Waals surface area contributed by atoms with Crippen LogP contribution in [0.1, 0.15) is 27.9 Å². The summed E-state index contributed by atoms with van der Waals surface area (Å²) in [5.74, 6) is 0. The maximum absolute atomic E-state index is 13.2. The van der Waals surface area contributed by atoms with Crippen LogP contribution in [0, 0.1) is 6.92 Å². The lowest BCUT2D eigenvalue weighted by atomic mass is 10.0. The van der Waals surface area contributed by atoms with Gasteiger partial charge in [-0.05, 0) is 47.9 Å². The van der Waals surface area contributed by atoms with Crippen molar-refractivity contribution < 1.29 is 22.8 Å². The molecule has 4 nitrogen and oxygen atoms in total. The van der Waals surface area contributed by atoms with E-state index in [2.05, 4.69) is 5.32 Å². The molecule has 0 unspecified atom stereocenters. The van der Waals surface area contributed by atoms with Crippen LogP contribution in [0.15, 0.2) is 42.1 Å². The van der Waals surface area contributed by atoms with Gasteiger partial charge in [-0.1, -0.05) is 29.3 Å². The Kier molecular flexibility index (Phi) is 7.00. The average molecular weight is 483 g/mol. The lowest BCUT2D eigenvalue weighted by Crippen LogP contribution is -2.06. The van der Waals surface area contributed by atoms with Gasteiger partial charge in [-0.25, -0.2) is 0 Å². The van der Waals surface area contributed by atoms with E-state index < -0.39 is 11.7 Å². The molecule has 0 aliphatic heterocycles. The fraction of sp³-hybridized carbons (Fsp3) is 0.217. The molecule has 2 aromatic carbocycles. The van der Waals surface area contributed by atoms with Gasteiger partial charge in [-0.3, -0.25) is 9.59 Å². The smallest absolute Gasteiger partial charge is 0.347 e. The van der Waals surface area contributed by atoms with Crippen LogP contribution in [0.3, 0.4) is 0 Å². The Balaban J connectivity index is 2.03. The fourth-order valence-corrected chi connectivity index (χ4v) is 4.18. The third kappa shape index (κ3) is 4.84. The van der Waals surface area contributed by atoms with E-state index in [0.717, 1.165) is 17.8 Å². The minimum absolute atomic E-state index is 0.177. The van der Waals surface area contributed by atoms with Crippen LogP contribution in [0.5, 0.6) is 0 Å². The van der Waals surface area contributed by atoms with Crippen LogP contribution in [0.25, 0.3) is 10.9 Å². The van der Waals surface area contributed by atoms with E-state index in [4.69, 9.17) is 23.2 Å². The summed E-state index contributed by atoms with van der Waals surface area (Å²) in [6, 6.07) is 7.44. The Morgan fingerprint density at radius 2 is 1.88 bits per heavy atom. The Morgan fingerprint density at radius 1 is 1.16 bits per heavy atom. The van der Waals surface area contributed by atoms with Crippen molar-refractivity contribution in [3.8, 4) is 0 Å². The number of nitrogens with one attached hydrogen (secondary N) is 1. The van der Waals surface area contributed by atoms with Crippen molar-refractivity contribution in [2.45, 2.75) is 25.9 Å². The molecule has 0 aliphatic carbocycles. The molecule has 0 radical (unpaired) electrons. The number of nitrogens with zero attached hydrogens (tertiary/aromatic N) is 1. The highest BCUT2D eigenvalue weighted by molar-refractivity contribution is 6.36. The number of allylic oxidation sites excluding steroid dienone is 1. The first-order valence-electron chi connectivity index (χ1n) is 9.52. The summed E-state index contributed by atoms with van der Waals surface area (Å²) in [6.07, 6.45) is -1.63. The van der Waals surface area contributed by atoms with E-state index in [9.17, 15) is 22.8 Å². The minimum atomic E-state index is -4.44. The molecular formula is C23H19Cl2F3N2O2. The summed E-state index contributed by atoms with van der Waals surface area (Å²) < 4.78 is 41.4. The SMILES string of the molecule is Cc1cc(C(F)(F)F)cc2c1cc(Cc1c(Cl)ccc(C/C(C=O)=C/NC=O)c1Cl)n2C. The molecule has 1 aromatic heterocycles. The summed E-state index contributed by atoms with van der Waals surface area (Å²) in [7, 11) is 1.70. The topological polar surface area (TPSA) is 51.1 Å². The number of rotatable bonds is 7. The van der Waals surface area contributed by atoms with E-state index in [1.807, 2.05) is 6.07 Å². The van der Waals surface area contributed by atoms with E-state index in [0.29, 0.717) is 55.9 Å². The van der Waals surface area contributed by atoms with Gasteiger partial charge in [0.1, 0.15) is 6.29 Å². The molecule has 1 N–H and O–H groups in total. The maximum Gasteiger partial charge on any atom is 0.416 e. The lowest BCUT2D eigenvalue weighted by Gasteiger charge is -2.13. The number of hydrogen-bond acceptors (Lipinski definition) is 2. The first-order chi connectivity index (χ1) is 15.1. The van der Waals surface area contributed by atoms with Gasteiger partial charge < -0.3 is 9.88 Å². The number of aromatic nitrogens is 1. The van der Waals surface area contributed by atoms with Gasteiger partial charge in [0.2, 0.25) is 6.41 Å². The van der Waals surface area contributed by atoms with Crippen LogP contribution in [-0.4, -0.2) is 17.3 Å². The number of hydrogen-bond donors (Lipinski definition) is 1. The number of carbonyl (C=O) groups is 2. The second-order valence-corrected chi connectivity index (χ2v) is 8.18. The zero-order valence-corrected chi connectivity index (χ0v) is 18.7. The molecule has 1 heterocycles. The predicted octanol–water partition coefficient (Wildman–Crippen LogP) is 5.77. The molecule has 0 spiro atoms. The summed E-state index contributed by atoms with van der Waals surface area (Å²) in [4.78, 5) is 21.7. The molecule has 0 saturated heterocycles. The molecule has 0 saturated carbocycles. The third-order valence-electron chi connectivity index (χ3n) is 5.30. The molecule has 0 aliphatic rings. The lowest BCUT2D eigenvalue weighted by molar-refractivity contribution is -0.137. The van der Waals surface area contributed by atoms with Crippen LogP contribution in [-0.2, 0) is 35.7 Å². The van der Waals surface area contributed by atoms with E-state index in [1.165, 1.54) is 6.20 Å². The van der Waals surface area contributed by atoms with Crippen LogP contribution in [0.4, 0.5) is 13.2 Å². The standard InChI is InChI=1S/C23H19Cl2F3N2O2/c1-13-5-16(23(26,27)28)7-21-18(13)8-17(30(21)2)9-19-20(24)4-3-15(22(19)25)6-14(11-31)10-29-12-32/h3-5,7-8,10-12H,6,9H2,1-2H3,(H,29,32)/b14-10-. The molecule has 0 bridgehead atoms. The average Bonchev–Trinajstić information content (AvgIpc) is 3.05. The second kappa shape index (κ2) is 9.38. The van der Waals surface area contributed by atoms with Crippen molar-refractivity contribution in [3.05, 3.63) is 80.1 Å². The third-order valence-corrected chi connectivity index (χ3v) is 6.13. The van der Waals surface area contributed by atoms with Crippen molar-refractivity contribution in [2.24, 2.45) is 7.05 Å². The Labute approximate surface area is 192 Å². The summed E-state index contributed by atoms with van der Waals surface area (Å²) in [6.45, 7) is 1.64. The Hall–Kier alpha value is -2.77. The second-order valence-electron chi connectivity index (χ2n) is 7.39. The van der Waals surface area contributed by atoms with Gasteiger partial charge >= 0.3 is 6.18 Å². The Bertz CT molecular complexity index is 1230. The summed E-state index contributed by atoms with van der Waals surface area (Å²) in [5, 5.41) is 3.79. The molecule has 1 amide bonds. The number of aldehydes is 1. The van der Waals surface area contributed by atoms with Crippen molar-refractivity contribution in [3.63, 3.8) is 0 Å². The Morgan fingerprint density at radius 3 is 2.50 bits per heavy atom. The molecule has 0 atom stereocenters. The van der Waals surface area contributed by atoms with Crippen LogP contribution >= 0.6 is 23.2 Å². The minimum Gasteiger partial charge on any atom is -0.347 e. The molecule has 3 rings (SSSR count). The van der Waals surface area contributed by atoms with E-state index in [1.54, 1.807) is 30.7 Å². The molecule has 0 fully saturated rings. The first-order valence-corrected chi connectivity index (χ1v) is 10.3. The summed E-state index contributed by atoms with van der Waals surface area (Å²) >= 11 is 13.0. The van der Waals surface area contributed by atoms with Crippen LogP contribution in [0.2, 0.25) is 10.0 Å². The molecule has 32 heavy (non-hydrogen) atoms. The summed E-state index contributed by atoms with van der Waals surface area (Å²) in [5.41, 5.74) is 2.55. The van der Waals surface area contributed by atoms with Gasteiger partial charge in [0, 0.05) is 58.3 Å². The molecule has 168 valence electrons. The zero-order valence-electron chi connectivity index (χ0n) is 17.2. The normalized spacial score (nSPS) is 12.3. The van der Waals surface area contributed by atoms with E-state index >= 15 is 0 Å². The maximum atomic E-state index is 13.2. The number of amides is 1. The van der Waals surface area contributed by atoms with Gasteiger partial charge in [-0.2, -0.15) is 13.2 Å². The molecule has 9 heteroatoms. The number of benzene rings is 2. The highest BCUT2D eigenvalue weighted by Gasteiger charge is 2.31. The highest BCUT2D eigenvalue weighted by Crippen LogP contribution is 2.36. The number of carbonyl (C=O) groups excluding carboxylic acids is 2. The fourth-order valence-electron chi connectivity index (χ4n) is 3.61. The van der Waals surface area contributed by atoms with Gasteiger partial charge in [0.05, 0.1) is 5.56 Å². The number of fused-ring (bicyclic) bond motifs is 1. The molecular weight excluding hydrogens is 464 g/mol. The van der Waals surface area contributed by atoms with Crippen molar-refractivity contribution in [1.82, 2.24) is 9.88 Å². The highest BCUT2D eigenvalue weighted by atomic mass is 35.5. The predicted molar refractivity (Wildman–Crippen MR) is 119 cm³/mol. The van der Waals surface area contributed by atoms with Gasteiger partial charge in [-0.15, -0.1) is 0 Å². The number of halogens is 5. The van der Waals surface area contributed by atoms with E-state index in [-0.39, 0.29) is 12.8 Å². The largest absolute Gasteiger partial charge is 0.416 e. The van der Waals surface area contributed by atoms with Gasteiger partial charge in [0.25, 0.3) is 0 Å². The number of alkyl halides is 3. The van der Waals surface area contributed by atoms with Crippen molar-refractivity contribution >= 4 is 46.8 Å².